The van der Waals surface area contributed by atoms with Crippen LogP contribution < -0.4 is 0 Å². The molecule has 1 N–H and O–H groups in total. The molecule has 0 aliphatic rings. The minimum atomic E-state index is -1.31. The Hall–Kier alpha value is -0.263. The molecule has 17 heavy (non-hydrogen) atoms. The molecule has 0 bridgehead atoms. The highest BCUT2D eigenvalue weighted by atomic mass is 28.3. The maximum absolute atomic E-state index is 10.2. The van der Waals surface area contributed by atoms with Crippen LogP contribution in [0, 0.1) is 17.4 Å². The maximum atomic E-state index is 10.2. The van der Waals surface area contributed by atoms with Crippen LogP contribution in [0.1, 0.15) is 52.4 Å². The van der Waals surface area contributed by atoms with E-state index in [4.69, 9.17) is 0 Å². The molecule has 100 valence electrons. The van der Waals surface area contributed by atoms with E-state index >= 15 is 0 Å². The minimum absolute atomic E-state index is 0.202. The summed E-state index contributed by atoms with van der Waals surface area (Å²) in [6.07, 6.45) is 6.37. The molecule has 0 saturated heterocycles. The second kappa shape index (κ2) is 8.77. The van der Waals surface area contributed by atoms with Gasteiger partial charge in [-0.15, -0.1) is 11.5 Å². The SMILES string of the molecule is CCCCC(O)C(C#C[Si](C)(C)C)CCCC. The third-order valence-corrected chi connectivity index (χ3v) is 3.71. The highest BCUT2D eigenvalue weighted by molar-refractivity contribution is 6.83. The number of hydrogen-bond acceptors (Lipinski definition) is 1. The Morgan fingerprint density at radius 1 is 1.00 bits per heavy atom. The van der Waals surface area contributed by atoms with Gasteiger partial charge in [-0.25, -0.2) is 0 Å². The summed E-state index contributed by atoms with van der Waals surface area (Å²) < 4.78 is 0. The Kier molecular flexibility index (Phi) is 8.64. The molecule has 0 aliphatic heterocycles. The van der Waals surface area contributed by atoms with Crippen LogP contribution in [0.4, 0.5) is 0 Å². The normalized spacial score (nSPS) is 14.9. The van der Waals surface area contributed by atoms with Gasteiger partial charge in [0.15, 0.2) is 0 Å². The molecule has 0 saturated carbocycles. The van der Waals surface area contributed by atoms with Gasteiger partial charge in [0, 0.05) is 5.92 Å². The first-order valence-electron chi connectivity index (χ1n) is 7.11. The third kappa shape index (κ3) is 9.44. The van der Waals surface area contributed by atoms with Crippen molar-refractivity contribution in [1.29, 1.82) is 0 Å². The molecule has 0 heterocycles. The van der Waals surface area contributed by atoms with E-state index in [2.05, 4.69) is 45.0 Å². The van der Waals surface area contributed by atoms with Gasteiger partial charge in [-0.3, -0.25) is 0 Å². The van der Waals surface area contributed by atoms with Crippen LogP contribution in [0.25, 0.3) is 0 Å². The van der Waals surface area contributed by atoms with Crippen LogP contribution in [0.5, 0.6) is 0 Å². The van der Waals surface area contributed by atoms with Gasteiger partial charge >= 0.3 is 0 Å². The summed E-state index contributed by atoms with van der Waals surface area (Å²) in [5, 5.41) is 10.2. The monoisotopic (exact) mass is 254 g/mol. The molecule has 0 amide bonds. The fraction of sp³-hybridized carbons (Fsp3) is 0.867. The molecular formula is C15H30OSi. The number of aliphatic hydroxyl groups is 1. The summed E-state index contributed by atoms with van der Waals surface area (Å²) in [7, 11) is -1.31. The van der Waals surface area contributed by atoms with Crippen LogP contribution in [0.3, 0.4) is 0 Å². The van der Waals surface area contributed by atoms with Crippen LogP contribution in [-0.2, 0) is 0 Å². The van der Waals surface area contributed by atoms with E-state index in [1.807, 2.05) is 0 Å². The second-order valence-corrected chi connectivity index (χ2v) is 10.7. The molecule has 0 aromatic rings. The lowest BCUT2D eigenvalue weighted by molar-refractivity contribution is 0.117. The van der Waals surface area contributed by atoms with Gasteiger partial charge in [0.2, 0.25) is 0 Å². The summed E-state index contributed by atoms with van der Waals surface area (Å²) >= 11 is 0. The lowest BCUT2D eigenvalue weighted by atomic mass is 9.93. The third-order valence-electron chi connectivity index (χ3n) is 2.82. The van der Waals surface area contributed by atoms with Gasteiger partial charge in [-0.05, 0) is 12.8 Å². The van der Waals surface area contributed by atoms with Crippen molar-refractivity contribution in [1.82, 2.24) is 0 Å². The van der Waals surface area contributed by atoms with Gasteiger partial charge in [0.25, 0.3) is 0 Å². The predicted octanol–water partition coefficient (Wildman–Crippen LogP) is 4.22. The molecule has 0 aromatic heterocycles. The summed E-state index contributed by atoms with van der Waals surface area (Å²) in [5.74, 6) is 3.57. The van der Waals surface area contributed by atoms with Crippen molar-refractivity contribution >= 4 is 8.07 Å². The average Bonchev–Trinajstić information content (AvgIpc) is 2.24. The number of hydrogen-bond donors (Lipinski definition) is 1. The van der Waals surface area contributed by atoms with Crippen LogP contribution >= 0.6 is 0 Å². The van der Waals surface area contributed by atoms with Gasteiger partial charge in [-0.2, -0.15) is 0 Å². The zero-order valence-corrected chi connectivity index (χ0v) is 13.3. The standard InChI is InChI=1S/C15H30OSi/c1-6-8-10-14(12-13-17(3,4)5)15(16)11-9-7-2/h14-16H,6-11H2,1-5H3. The molecular weight excluding hydrogens is 224 g/mol. The van der Waals surface area contributed by atoms with E-state index in [0.717, 1.165) is 25.7 Å². The second-order valence-electron chi connectivity index (χ2n) is 5.98. The van der Waals surface area contributed by atoms with E-state index in [1.165, 1.54) is 12.8 Å². The fourth-order valence-corrected chi connectivity index (χ4v) is 2.33. The summed E-state index contributed by atoms with van der Waals surface area (Å²) in [6, 6.07) is 0. The largest absolute Gasteiger partial charge is 0.392 e. The first-order valence-corrected chi connectivity index (χ1v) is 10.6. The fourth-order valence-electron chi connectivity index (χ4n) is 1.71. The molecule has 1 nitrogen and oxygen atoms in total. The highest BCUT2D eigenvalue weighted by Gasteiger charge is 2.17. The number of aliphatic hydroxyl groups excluding tert-OH is 1. The van der Waals surface area contributed by atoms with Gasteiger partial charge in [-0.1, -0.05) is 59.2 Å². The summed E-state index contributed by atoms with van der Waals surface area (Å²) in [4.78, 5) is 0. The molecule has 0 radical (unpaired) electrons. The predicted molar refractivity (Wildman–Crippen MR) is 79.7 cm³/mol. The van der Waals surface area contributed by atoms with Crippen molar-refractivity contribution in [2.75, 3.05) is 0 Å². The zero-order chi connectivity index (χ0) is 13.3. The molecule has 0 rings (SSSR count). The van der Waals surface area contributed by atoms with Crippen molar-refractivity contribution in [3.63, 3.8) is 0 Å². The first-order chi connectivity index (χ1) is 7.90. The Bertz CT molecular complexity index is 244. The van der Waals surface area contributed by atoms with E-state index in [1.54, 1.807) is 0 Å². The maximum Gasteiger partial charge on any atom is 0.129 e. The molecule has 0 spiro atoms. The highest BCUT2D eigenvalue weighted by Crippen LogP contribution is 2.17. The van der Waals surface area contributed by atoms with Gasteiger partial charge in [0.1, 0.15) is 8.07 Å². The van der Waals surface area contributed by atoms with Crippen molar-refractivity contribution in [2.45, 2.75) is 78.1 Å². The lowest BCUT2D eigenvalue weighted by Gasteiger charge is -2.18. The molecule has 0 aromatic carbocycles. The zero-order valence-electron chi connectivity index (χ0n) is 12.3. The Morgan fingerprint density at radius 2 is 1.53 bits per heavy atom. The Balaban J connectivity index is 4.44. The smallest absolute Gasteiger partial charge is 0.129 e. The average molecular weight is 254 g/mol. The van der Waals surface area contributed by atoms with Crippen LogP contribution in [0.15, 0.2) is 0 Å². The van der Waals surface area contributed by atoms with E-state index in [9.17, 15) is 5.11 Å². The van der Waals surface area contributed by atoms with Gasteiger partial charge in [0.05, 0.1) is 6.10 Å². The summed E-state index contributed by atoms with van der Waals surface area (Å²) in [5.41, 5.74) is 3.42. The lowest BCUT2D eigenvalue weighted by Crippen LogP contribution is -2.22. The van der Waals surface area contributed by atoms with E-state index in [0.29, 0.717) is 0 Å². The molecule has 2 heteroatoms. The van der Waals surface area contributed by atoms with Crippen molar-refractivity contribution in [3.05, 3.63) is 0 Å². The Morgan fingerprint density at radius 3 is 2.00 bits per heavy atom. The molecule has 2 atom stereocenters. The van der Waals surface area contributed by atoms with Crippen molar-refractivity contribution < 1.29 is 5.11 Å². The quantitative estimate of drug-likeness (QED) is 0.532. The van der Waals surface area contributed by atoms with Crippen molar-refractivity contribution in [2.24, 2.45) is 5.92 Å². The van der Waals surface area contributed by atoms with Crippen LogP contribution in [0.2, 0.25) is 19.6 Å². The van der Waals surface area contributed by atoms with Crippen molar-refractivity contribution in [3.8, 4) is 11.5 Å². The van der Waals surface area contributed by atoms with E-state index in [-0.39, 0.29) is 12.0 Å². The van der Waals surface area contributed by atoms with Crippen LogP contribution in [-0.4, -0.2) is 19.3 Å². The minimum Gasteiger partial charge on any atom is -0.392 e. The number of unbranched alkanes of at least 4 members (excludes halogenated alkanes) is 2. The Labute approximate surface area is 109 Å². The topological polar surface area (TPSA) is 20.2 Å². The summed E-state index contributed by atoms with van der Waals surface area (Å²) in [6.45, 7) is 11.1. The molecule has 0 fully saturated rings. The van der Waals surface area contributed by atoms with Gasteiger partial charge < -0.3 is 5.11 Å². The number of rotatable bonds is 7. The molecule has 0 aliphatic carbocycles. The first kappa shape index (κ1) is 16.7. The van der Waals surface area contributed by atoms with E-state index < -0.39 is 8.07 Å². The molecule has 2 unspecified atom stereocenters.